The number of hydrogen-bond acceptors (Lipinski definition) is 0. The first kappa shape index (κ1) is 31.2. The molecule has 9 aromatic carbocycles. The van der Waals surface area contributed by atoms with Crippen molar-refractivity contribution in [1.29, 1.82) is 0 Å². The van der Waals surface area contributed by atoms with Crippen LogP contribution in [0.1, 0.15) is 0 Å². The molecule has 0 atom stereocenters. The Hall–Kier alpha value is -6.54. The molecule has 248 valence electrons. The molecular formula is C52H36Si. The van der Waals surface area contributed by atoms with E-state index >= 15 is 0 Å². The third-order valence-electron chi connectivity index (χ3n) is 11.1. The van der Waals surface area contributed by atoms with Crippen molar-refractivity contribution in [1.82, 2.24) is 0 Å². The lowest BCUT2D eigenvalue weighted by molar-refractivity contribution is 1.57. The fourth-order valence-electron chi connectivity index (χ4n) is 8.95. The highest BCUT2D eigenvalue weighted by Gasteiger charge is 2.41. The zero-order valence-electron chi connectivity index (χ0n) is 29.3. The molecule has 1 aliphatic carbocycles. The quantitative estimate of drug-likeness (QED) is 0.115. The van der Waals surface area contributed by atoms with E-state index in [1.807, 2.05) is 0 Å². The lowest BCUT2D eigenvalue weighted by Gasteiger charge is -2.34. The van der Waals surface area contributed by atoms with Gasteiger partial charge >= 0.3 is 0 Å². The number of rotatable bonds is 7. The summed E-state index contributed by atoms with van der Waals surface area (Å²) in [5.41, 5.74) is 12.7. The molecule has 53 heavy (non-hydrogen) atoms. The molecule has 0 bridgehead atoms. The van der Waals surface area contributed by atoms with Gasteiger partial charge in [0.25, 0.3) is 0 Å². The lowest BCUT2D eigenvalue weighted by atomic mass is 9.82. The van der Waals surface area contributed by atoms with E-state index in [1.54, 1.807) is 0 Å². The molecule has 9 aromatic rings. The second-order valence-electron chi connectivity index (χ2n) is 14.0. The topological polar surface area (TPSA) is 0 Å². The third-order valence-corrected chi connectivity index (χ3v) is 15.9. The van der Waals surface area contributed by atoms with Crippen LogP contribution in [0.2, 0.25) is 0 Å². The molecule has 1 heteroatoms. The third kappa shape index (κ3) is 4.97. The van der Waals surface area contributed by atoms with Gasteiger partial charge in [-0.25, -0.2) is 0 Å². The molecule has 0 aliphatic heterocycles. The summed E-state index contributed by atoms with van der Waals surface area (Å²) in [5, 5.41) is 8.11. The molecule has 0 radical (unpaired) electrons. The molecule has 0 heterocycles. The summed E-state index contributed by atoms with van der Waals surface area (Å²) >= 11 is 0. The molecule has 10 rings (SSSR count). The highest BCUT2D eigenvalue weighted by molar-refractivity contribution is 7.19. The van der Waals surface area contributed by atoms with E-state index in [1.165, 1.54) is 87.2 Å². The van der Waals surface area contributed by atoms with Gasteiger partial charge in [-0.2, -0.15) is 0 Å². The van der Waals surface area contributed by atoms with E-state index < -0.39 is 8.07 Å². The van der Waals surface area contributed by atoms with E-state index in [4.69, 9.17) is 0 Å². The van der Waals surface area contributed by atoms with Gasteiger partial charge in [0.05, 0.1) is 0 Å². The second kappa shape index (κ2) is 12.9. The van der Waals surface area contributed by atoms with E-state index in [2.05, 4.69) is 218 Å². The number of hydrogen-bond donors (Lipinski definition) is 0. The average molecular weight is 689 g/mol. The molecule has 0 saturated carbocycles. The average Bonchev–Trinajstić information content (AvgIpc) is 3.58. The van der Waals surface area contributed by atoms with Crippen LogP contribution in [-0.2, 0) is 0 Å². The molecule has 0 nitrogen and oxygen atoms in total. The summed E-state index contributed by atoms with van der Waals surface area (Å²) in [6, 6.07) is 81.3. The lowest BCUT2D eigenvalue weighted by Crippen LogP contribution is -2.74. The van der Waals surface area contributed by atoms with Crippen molar-refractivity contribution < 1.29 is 0 Å². The molecule has 0 amide bonds. The van der Waals surface area contributed by atoms with Gasteiger partial charge < -0.3 is 0 Å². The van der Waals surface area contributed by atoms with Gasteiger partial charge in [-0.1, -0.05) is 212 Å². The Morgan fingerprint density at radius 2 is 0.660 bits per heavy atom. The van der Waals surface area contributed by atoms with Crippen LogP contribution in [0.4, 0.5) is 0 Å². The van der Waals surface area contributed by atoms with Crippen LogP contribution in [0, 0.1) is 0 Å². The zero-order chi connectivity index (χ0) is 35.2. The van der Waals surface area contributed by atoms with Crippen molar-refractivity contribution >= 4 is 39.6 Å². The molecule has 0 saturated heterocycles. The molecule has 0 unspecified atom stereocenters. The Labute approximate surface area is 312 Å². The molecular weight excluding hydrogens is 653 g/mol. The van der Waals surface area contributed by atoms with Crippen LogP contribution in [0.5, 0.6) is 0 Å². The van der Waals surface area contributed by atoms with E-state index in [-0.39, 0.29) is 0 Å². The Morgan fingerprint density at radius 1 is 0.245 bits per heavy atom. The van der Waals surface area contributed by atoms with Crippen molar-refractivity contribution in [2.75, 3.05) is 0 Å². The predicted octanol–water partition coefficient (Wildman–Crippen LogP) is 10.9. The minimum absolute atomic E-state index is 1.23. The van der Waals surface area contributed by atoms with Gasteiger partial charge in [0.1, 0.15) is 0 Å². The van der Waals surface area contributed by atoms with Crippen LogP contribution >= 0.6 is 0 Å². The number of fused-ring (bicyclic) bond motifs is 3. The van der Waals surface area contributed by atoms with E-state index in [0.29, 0.717) is 0 Å². The zero-order valence-corrected chi connectivity index (χ0v) is 30.3. The first-order valence-electron chi connectivity index (χ1n) is 18.4. The minimum atomic E-state index is -2.75. The molecule has 0 aromatic heterocycles. The van der Waals surface area contributed by atoms with Crippen molar-refractivity contribution in [3.8, 4) is 55.6 Å². The fraction of sp³-hybridized carbons (Fsp3) is 0. The molecule has 0 spiro atoms. The standard InChI is InChI=1S/C52H36Si/c1-6-19-37(20-7-1)47-36-48(50(39-21-8-2-9-22-39)52-46-34-18-24-38-23-17-33-45(49(38)46)51(47)52)40-25-16-32-44(35-40)53(41-26-10-3-11-27-41,42-28-12-4-13-29-42)43-30-14-5-15-31-43/h1-36H. The molecule has 0 fully saturated rings. The van der Waals surface area contributed by atoms with Gasteiger partial charge in [-0.05, 0) is 93.2 Å². The summed E-state index contributed by atoms with van der Waals surface area (Å²) in [6.45, 7) is 0. The van der Waals surface area contributed by atoms with Crippen molar-refractivity contribution in [2.45, 2.75) is 0 Å². The Balaban J connectivity index is 1.33. The Kier molecular flexibility index (Phi) is 7.60. The van der Waals surface area contributed by atoms with E-state index in [9.17, 15) is 0 Å². The SMILES string of the molecule is c1ccc(-c2cc(-c3cccc([Si](c4ccccc4)(c4ccccc4)c4ccccc4)c3)c(-c3ccccc3)c3c2-c2cccc4cccc-3c24)cc1. The van der Waals surface area contributed by atoms with Crippen LogP contribution < -0.4 is 20.7 Å². The summed E-state index contributed by atoms with van der Waals surface area (Å²) in [4.78, 5) is 0. The monoisotopic (exact) mass is 688 g/mol. The van der Waals surface area contributed by atoms with Crippen LogP contribution in [-0.4, -0.2) is 8.07 Å². The van der Waals surface area contributed by atoms with Gasteiger partial charge in [0.2, 0.25) is 0 Å². The highest BCUT2D eigenvalue weighted by Crippen LogP contribution is 2.57. The smallest absolute Gasteiger partial charge is 0.0623 e. The minimum Gasteiger partial charge on any atom is -0.0623 e. The number of benzene rings is 9. The largest absolute Gasteiger partial charge is 0.179 e. The Morgan fingerprint density at radius 3 is 1.21 bits per heavy atom. The second-order valence-corrected chi connectivity index (χ2v) is 17.8. The van der Waals surface area contributed by atoms with Crippen molar-refractivity contribution in [2.24, 2.45) is 0 Å². The van der Waals surface area contributed by atoms with Gasteiger partial charge in [0, 0.05) is 0 Å². The van der Waals surface area contributed by atoms with E-state index in [0.717, 1.165) is 0 Å². The summed E-state index contributed by atoms with van der Waals surface area (Å²) in [6.07, 6.45) is 0. The summed E-state index contributed by atoms with van der Waals surface area (Å²) < 4.78 is 0. The maximum atomic E-state index is 2.52. The van der Waals surface area contributed by atoms with Crippen LogP contribution in [0.15, 0.2) is 218 Å². The summed E-state index contributed by atoms with van der Waals surface area (Å²) in [5.74, 6) is 0. The predicted molar refractivity (Wildman–Crippen MR) is 228 cm³/mol. The molecule has 1 aliphatic rings. The van der Waals surface area contributed by atoms with Crippen molar-refractivity contribution in [3.05, 3.63) is 218 Å². The maximum Gasteiger partial charge on any atom is 0.179 e. The molecule has 0 N–H and O–H groups in total. The fourth-order valence-corrected chi connectivity index (χ4v) is 13.7. The Bertz CT molecular complexity index is 2630. The highest BCUT2D eigenvalue weighted by atomic mass is 28.3. The maximum absolute atomic E-state index is 2.75. The van der Waals surface area contributed by atoms with Gasteiger partial charge in [-0.15, -0.1) is 0 Å². The van der Waals surface area contributed by atoms with Gasteiger partial charge in [0.15, 0.2) is 8.07 Å². The normalized spacial score (nSPS) is 11.8. The van der Waals surface area contributed by atoms with Crippen LogP contribution in [0.3, 0.4) is 0 Å². The first-order valence-corrected chi connectivity index (χ1v) is 20.4. The first-order chi connectivity index (χ1) is 26.3. The van der Waals surface area contributed by atoms with Crippen molar-refractivity contribution in [3.63, 3.8) is 0 Å². The van der Waals surface area contributed by atoms with Gasteiger partial charge in [-0.3, -0.25) is 0 Å². The van der Waals surface area contributed by atoms with Crippen LogP contribution in [0.25, 0.3) is 66.4 Å². The summed E-state index contributed by atoms with van der Waals surface area (Å²) in [7, 11) is -2.75.